The quantitative estimate of drug-likeness (QED) is 0.878. The van der Waals surface area contributed by atoms with Gasteiger partial charge in [-0.2, -0.15) is 5.10 Å². The zero-order valence-corrected chi connectivity index (χ0v) is 11.2. The van der Waals surface area contributed by atoms with Crippen LogP contribution in [0.3, 0.4) is 0 Å². The van der Waals surface area contributed by atoms with Crippen molar-refractivity contribution in [3.8, 4) is 0 Å². The zero-order valence-electron chi connectivity index (χ0n) is 11.2. The van der Waals surface area contributed by atoms with Gasteiger partial charge in [-0.15, -0.1) is 0 Å². The third-order valence-electron chi connectivity index (χ3n) is 3.52. The number of rotatable bonds is 3. The van der Waals surface area contributed by atoms with Gasteiger partial charge in [-0.25, -0.2) is 4.68 Å². The van der Waals surface area contributed by atoms with Crippen LogP contribution in [0.4, 0.5) is 5.69 Å². The minimum atomic E-state index is -0.0932. The third kappa shape index (κ3) is 2.58. The Hall–Kier alpha value is -2.14. The normalized spacial score (nSPS) is 13.7. The molecular formula is C15H17N3O2. The SMILES string of the molecule is O=c1cc2c(nn1Cc1ccc(CO)cc1)CCCN2. The molecule has 2 heterocycles. The highest BCUT2D eigenvalue weighted by Gasteiger charge is 2.12. The van der Waals surface area contributed by atoms with Gasteiger partial charge in [0.2, 0.25) is 0 Å². The molecule has 2 aromatic rings. The van der Waals surface area contributed by atoms with Gasteiger partial charge in [0, 0.05) is 12.6 Å². The predicted octanol–water partition coefficient (Wildman–Crippen LogP) is 1.14. The number of aryl methyl sites for hydroxylation is 1. The molecule has 1 aliphatic rings. The molecule has 1 aliphatic heterocycles. The number of nitrogens with zero attached hydrogens (tertiary/aromatic N) is 2. The highest BCUT2D eigenvalue weighted by atomic mass is 16.3. The second-order valence-corrected chi connectivity index (χ2v) is 5.01. The van der Waals surface area contributed by atoms with Crippen LogP contribution in [0.15, 0.2) is 35.1 Å². The topological polar surface area (TPSA) is 67.2 Å². The van der Waals surface area contributed by atoms with Crippen molar-refractivity contribution in [2.45, 2.75) is 26.0 Å². The van der Waals surface area contributed by atoms with Gasteiger partial charge in [0.15, 0.2) is 0 Å². The number of anilines is 1. The van der Waals surface area contributed by atoms with Gasteiger partial charge < -0.3 is 10.4 Å². The number of nitrogens with one attached hydrogen (secondary N) is 1. The van der Waals surface area contributed by atoms with E-state index in [1.807, 2.05) is 24.3 Å². The summed E-state index contributed by atoms with van der Waals surface area (Å²) < 4.78 is 1.50. The van der Waals surface area contributed by atoms with Crippen molar-refractivity contribution in [3.63, 3.8) is 0 Å². The van der Waals surface area contributed by atoms with Crippen molar-refractivity contribution >= 4 is 5.69 Å². The fourth-order valence-electron chi connectivity index (χ4n) is 2.38. The number of hydrogen-bond donors (Lipinski definition) is 2. The lowest BCUT2D eigenvalue weighted by Crippen LogP contribution is -2.27. The molecular weight excluding hydrogens is 254 g/mol. The Morgan fingerprint density at radius 3 is 2.75 bits per heavy atom. The van der Waals surface area contributed by atoms with Crippen LogP contribution in [0.1, 0.15) is 23.2 Å². The van der Waals surface area contributed by atoms with Crippen molar-refractivity contribution in [2.24, 2.45) is 0 Å². The summed E-state index contributed by atoms with van der Waals surface area (Å²) in [5.74, 6) is 0. The average Bonchev–Trinajstić information content (AvgIpc) is 2.49. The lowest BCUT2D eigenvalue weighted by molar-refractivity contribution is 0.282. The number of benzene rings is 1. The van der Waals surface area contributed by atoms with Crippen molar-refractivity contribution < 1.29 is 5.11 Å². The van der Waals surface area contributed by atoms with E-state index in [9.17, 15) is 4.79 Å². The van der Waals surface area contributed by atoms with E-state index in [2.05, 4.69) is 10.4 Å². The molecule has 5 heteroatoms. The third-order valence-corrected chi connectivity index (χ3v) is 3.52. The molecule has 3 rings (SSSR count). The lowest BCUT2D eigenvalue weighted by Gasteiger charge is -2.17. The van der Waals surface area contributed by atoms with Gasteiger partial charge in [0.25, 0.3) is 5.56 Å². The molecule has 0 spiro atoms. The zero-order chi connectivity index (χ0) is 13.9. The maximum Gasteiger partial charge on any atom is 0.269 e. The summed E-state index contributed by atoms with van der Waals surface area (Å²) >= 11 is 0. The summed E-state index contributed by atoms with van der Waals surface area (Å²) in [5, 5.41) is 16.7. The smallest absolute Gasteiger partial charge is 0.269 e. The standard InChI is InChI=1S/C15H17N3O2/c19-10-12-5-3-11(4-6-12)9-18-15(20)8-14-13(17-18)2-1-7-16-14/h3-6,8,16,19H,1-2,7,9-10H2. The Bertz CT molecular complexity index is 662. The Morgan fingerprint density at radius 1 is 1.25 bits per heavy atom. The molecule has 104 valence electrons. The molecule has 0 saturated carbocycles. The lowest BCUT2D eigenvalue weighted by atomic mass is 10.1. The van der Waals surface area contributed by atoms with Gasteiger partial charge in [0.05, 0.1) is 24.5 Å². The van der Waals surface area contributed by atoms with E-state index in [0.717, 1.165) is 41.9 Å². The van der Waals surface area contributed by atoms with Crippen molar-refractivity contribution in [1.29, 1.82) is 0 Å². The molecule has 0 fully saturated rings. The summed E-state index contributed by atoms with van der Waals surface area (Å²) in [6, 6.07) is 9.18. The van der Waals surface area contributed by atoms with Crippen LogP contribution in [-0.4, -0.2) is 21.4 Å². The first-order chi connectivity index (χ1) is 9.76. The number of aromatic nitrogens is 2. The van der Waals surface area contributed by atoms with Gasteiger partial charge in [-0.05, 0) is 24.0 Å². The monoisotopic (exact) mass is 271 g/mol. The van der Waals surface area contributed by atoms with Crippen LogP contribution in [0.2, 0.25) is 0 Å². The molecule has 0 amide bonds. The average molecular weight is 271 g/mol. The van der Waals surface area contributed by atoms with Crippen LogP contribution < -0.4 is 10.9 Å². The van der Waals surface area contributed by atoms with E-state index < -0.39 is 0 Å². The molecule has 0 bridgehead atoms. The first-order valence-electron chi connectivity index (χ1n) is 6.80. The fourth-order valence-corrected chi connectivity index (χ4v) is 2.38. The molecule has 0 atom stereocenters. The fraction of sp³-hybridized carbons (Fsp3) is 0.333. The molecule has 0 aliphatic carbocycles. The van der Waals surface area contributed by atoms with E-state index >= 15 is 0 Å². The molecule has 1 aromatic heterocycles. The van der Waals surface area contributed by atoms with Crippen LogP contribution >= 0.6 is 0 Å². The molecule has 5 nitrogen and oxygen atoms in total. The maximum absolute atomic E-state index is 12.0. The van der Waals surface area contributed by atoms with Crippen molar-refractivity contribution in [3.05, 3.63) is 57.5 Å². The van der Waals surface area contributed by atoms with Crippen LogP contribution in [0.25, 0.3) is 0 Å². The number of aliphatic hydroxyl groups excluding tert-OH is 1. The summed E-state index contributed by atoms with van der Waals surface area (Å²) in [5.41, 5.74) is 3.60. The first-order valence-corrected chi connectivity index (χ1v) is 6.80. The minimum Gasteiger partial charge on any atom is -0.392 e. The predicted molar refractivity (Wildman–Crippen MR) is 76.8 cm³/mol. The van der Waals surface area contributed by atoms with Gasteiger partial charge in [-0.1, -0.05) is 24.3 Å². The van der Waals surface area contributed by atoms with Crippen molar-refractivity contribution in [1.82, 2.24) is 9.78 Å². The first kappa shape index (κ1) is 12.9. The largest absolute Gasteiger partial charge is 0.392 e. The van der Waals surface area contributed by atoms with Crippen LogP contribution in [-0.2, 0) is 19.6 Å². The van der Waals surface area contributed by atoms with E-state index in [-0.39, 0.29) is 12.2 Å². The minimum absolute atomic E-state index is 0.0307. The van der Waals surface area contributed by atoms with E-state index in [0.29, 0.717) is 6.54 Å². The Balaban J connectivity index is 1.88. The maximum atomic E-state index is 12.0. The number of fused-ring (bicyclic) bond motifs is 1. The summed E-state index contributed by atoms with van der Waals surface area (Å²) in [6.07, 6.45) is 1.95. The molecule has 0 unspecified atom stereocenters. The molecule has 2 N–H and O–H groups in total. The summed E-state index contributed by atoms with van der Waals surface area (Å²) in [6.45, 7) is 1.39. The molecule has 0 saturated heterocycles. The highest BCUT2D eigenvalue weighted by molar-refractivity contribution is 5.48. The van der Waals surface area contributed by atoms with Gasteiger partial charge in [-0.3, -0.25) is 4.79 Å². The second kappa shape index (κ2) is 5.46. The molecule has 1 aromatic carbocycles. The number of aliphatic hydroxyl groups is 1. The Labute approximate surface area is 116 Å². The van der Waals surface area contributed by atoms with E-state index in [1.54, 1.807) is 6.07 Å². The van der Waals surface area contributed by atoms with Gasteiger partial charge >= 0.3 is 0 Å². The summed E-state index contributed by atoms with van der Waals surface area (Å²) in [4.78, 5) is 12.0. The highest BCUT2D eigenvalue weighted by Crippen LogP contribution is 2.16. The Morgan fingerprint density at radius 2 is 2.00 bits per heavy atom. The Kier molecular flexibility index (Phi) is 3.52. The number of hydrogen-bond acceptors (Lipinski definition) is 4. The van der Waals surface area contributed by atoms with E-state index in [4.69, 9.17) is 5.11 Å². The van der Waals surface area contributed by atoms with Crippen LogP contribution in [0, 0.1) is 0 Å². The second-order valence-electron chi connectivity index (χ2n) is 5.01. The van der Waals surface area contributed by atoms with E-state index in [1.165, 1.54) is 4.68 Å². The van der Waals surface area contributed by atoms with Crippen molar-refractivity contribution in [2.75, 3.05) is 11.9 Å². The molecule has 0 radical (unpaired) electrons. The molecule has 20 heavy (non-hydrogen) atoms. The van der Waals surface area contributed by atoms with Gasteiger partial charge in [0.1, 0.15) is 0 Å². The van der Waals surface area contributed by atoms with Crippen LogP contribution in [0.5, 0.6) is 0 Å². The summed E-state index contributed by atoms with van der Waals surface area (Å²) in [7, 11) is 0.